The summed E-state index contributed by atoms with van der Waals surface area (Å²) < 4.78 is 0. The molecular formula is C23H30N3O+. The number of hydrogen-bond donors (Lipinski definition) is 2. The lowest BCUT2D eigenvalue weighted by Gasteiger charge is -2.20. The van der Waals surface area contributed by atoms with E-state index in [0.717, 1.165) is 6.42 Å². The van der Waals surface area contributed by atoms with Crippen LogP contribution in [0.3, 0.4) is 0 Å². The molecule has 0 saturated carbocycles. The topological polar surface area (TPSA) is 69.5 Å². The molecule has 0 bridgehead atoms. The van der Waals surface area contributed by atoms with Gasteiger partial charge in [-0.1, -0.05) is 64.1 Å². The lowest BCUT2D eigenvalue weighted by Crippen LogP contribution is -2.88. The lowest BCUT2D eigenvalue weighted by atomic mass is 9.92. The minimum atomic E-state index is -0.0976. The van der Waals surface area contributed by atoms with Crippen molar-refractivity contribution in [2.75, 3.05) is 11.9 Å². The van der Waals surface area contributed by atoms with Gasteiger partial charge in [0.15, 0.2) is 6.54 Å². The Bertz CT molecular complexity index is 790. The molecule has 0 radical (unpaired) electrons. The highest BCUT2D eigenvalue weighted by Gasteiger charge is 2.21. The highest BCUT2D eigenvalue weighted by molar-refractivity contribution is 5.92. The second kappa shape index (κ2) is 9.89. The van der Waals surface area contributed by atoms with Crippen molar-refractivity contribution in [2.45, 2.75) is 46.1 Å². The standard InChI is InChI=1S/C23H29N3O/c1-5-17(4)18-10-12-19(13-11-18)23(16(2)3)25-15-22(27)26-21-9-7-6-8-20(21)14-24/h6-13,16-17,23,25H,5,15H2,1-4H3,(H,26,27)/p+1/t17-,23-/m1/s1. The first-order valence-electron chi connectivity index (χ1n) is 9.68. The van der Waals surface area contributed by atoms with Crippen LogP contribution in [0.4, 0.5) is 5.69 Å². The quantitative estimate of drug-likeness (QED) is 0.744. The molecular weight excluding hydrogens is 334 g/mol. The first-order chi connectivity index (χ1) is 13.0. The number of amides is 1. The number of nitrogens with zero attached hydrogens (tertiary/aromatic N) is 1. The Morgan fingerprint density at radius 3 is 2.30 bits per heavy atom. The number of quaternary nitrogens is 1. The molecule has 0 unspecified atom stereocenters. The minimum Gasteiger partial charge on any atom is -0.332 e. The monoisotopic (exact) mass is 364 g/mol. The van der Waals surface area contributed by atoms with Crippen LogP contribution in [0.2, 0.25) is 0 Å². The number of carbonyl (C=O) groups excluding carboxylic acids is 1. The molecule has 0 aliphatic rings. The van der Waals surface area contributed by atoms with E-state index in [1.807, 2.05) is 6.07 Å². The van der Waals surface area contributed by atoms with E-state index in [1.54, 1.807) is 18.2 Å². The Morgan fingerprint density at radius 1 is 1.07 bits per heavy atom. The van der Waals surface area contributed by atoms with E-state index in [-0.39, 0.29) is 11.9 Å². The van der Waals surface area contributed by atoms with E-state index in [0.29, 0.717) is 29.6 Å². The number of nitrogens with one attached hydrogen (secondary N) is 1. The second-order valence-corrected chi connectivity index (χ2v) is 7.39. The van der Waals surface area contributed by atoms with Gasteiger partial charge < -0.3 is 10.6 Å². The molecule has 4 nitrogen and oxygen atoms in total. The van der Waals surface area contributed by atoms with Crippen LogP contribution in [0.1, 0.15) is 62.8 Å². The van der Waals surface area contributed by atoms with E-state index in [4.69, 9.17) is 5.26 Å². The van der Waals surface area contributed by atoms with Crippen LogP contribution in [0.5, 0.6) is 0 Å². The molecule has 3 N–H and O–H groups in total. The van der Waals surface area contributed by atoms with E-state index in [2.05, 4.69) is 68.7 Å². The summed E-state index contributed by atoms with van der Waals surface area (Å²) in [5, 5.41) is 14.1. The fourth-order valence-corrected chi connectivity index (χ4v) is 3.20. The third-order valence-electron chi connectivity index (χ3n) is 5.10. The van der Waals surface area contributed by atoms with Crippen LogP contribution in [0, 0.1) is 17.2 Å². The largest absolute Gasteiger partial charge is 0.332 e. The van der Waals surface area contributed by atoms with Crippen LogP contribution in [0.15, 0.2) is 48.5 Å². The smallest absolute Gasteiger partial charge is 0.279 e. The molecule has 4 heteroatoms. The third kappa shape index (κ3) is 5.67. The molecule has 2 aromatic rings. The molecule has 0 aromatic heterocycles. The lowest BCUT2D eigenvalue weighted by molar-refractivity contribution is -0.692. The first-order valence-corrected chi connectivity index (χ1v) is 9.68. The van der Waals surface area contributed by atoms with Gasteiger partial charge in [0.2, 0.25) is 0 Å². The second-order valence-electron chi connectivity index (χ2n) is 7.39. The number of para-hydroxylation sites is 1. The summed E-state index contributed by atoms with van der Waals surface area (Å²) in [5.41, 5.74) is 3.64. The summed E-state index contributed by atoms with van der Waals surface area (Å²) in [7, 11) is 0. The number of carbonyl (C=O) groups is 1. The van der Waals surface area contributed by atoms with Crippen molar-refractivity contribution in [3.05, 3.63) is 65.2 Å². The zero-order valence-corrected chi connectivity index (χ0v) is 16.7. The molecule has 142 valence electrons. The molecule has 0 heterocycles. The maximum absolute atomic E-state index is 12.4. The summed E-state index contributed by atoms with van der Waals surface area (Å²) in [6.07, 6.45) is 1.13. The van der Waals surface area contributed by atoms with E-state index in [1.165, 1.54) is 11.1 Å². The summed E-state index contributed by atoms with van der Waals surface area (Å²) in [5.74, 6) is 0.865. The fourth-order valence-electron chi connectivity index (χ4n) is 3.20. The van der Waals surface area contributed by atoms with Gasteiger partial charge in [0, 0.05) is 11.5 Å². The predicted molar refractivity (Wildman–Crippen MR) is 109 cm³/mol. The van der Waals surface area contributed by atoms with Crippen LogP contribution in [-0.4, -0.2) is 12.5 Å². The Hall–Kier alpha value is -2.64. The van der Waals surface area contributed by atoms with Gasteiger partial charge in [-0.05, 0) is 30.0 Å². The Labute approximate surface area is 162 Å². The van der Waals surface area contributed by atoms with Crippen molar-refractivity contribution in [1.29, 1.82) is 5.26 Å². The molecule has 0 aliphatic heterocycles. The number of nitrogens with two attached hydrogens (primary N) is 1. The van der Waals surface area contributed by atoms with Crippen LogP contribution in [-0.2, 0) is 4.79 Å². The molecule has 0 fully saturated rings. The molecule has 0 spiro atoms. The van der Waals surface area contributed by atoms with E-state index in [9.17, 15) is 4.79 Å². The SMILES string of the molecule is CC[C@@H](C)c1ccc([C@H]([NH2+]CC(=O)Nc2ccccc2C#N)C(C)C)cc1. The molecule has 2 atom stereocenters. The van der Waals surface area contributed by atoms with Gasteiger partial charge in [0.25, 0.3) is 5.91 Å². The zero-order valence-electron chi connectivity index (χ0n) is 16.7. The Morgan fingerprint density at radius 2 is 1.70 bits per heavy atom. The van der Waals surface area contributed by atoms with Crippen LogP contribution in [0.25, 0.3) is 0 Å². The Kier molecular flexibility index (Phi) is 7.57. The van der Waals surface area contributed by atoms with Crippen molar-refractivity contribution in [2.24, 2.45) is 5.92 Å². The van der Waals surface area contributed by atoms with Gasteiger partial charge in [0.1, 0.15) is 12.1 Å². The Balaban J connectivity index is 2.02. The minimum absolute atomic E-state index is 0.0976. The number of hydrogen-bond acceptors (Lipinski definition) is 2. The number of nitriles is 1. The fraction of sp³-hybridized carbons (Fsp3) is 0.391. The molecule has 27 heavy (non-hydrogen) atoms. The number of anilines is 1. The van der Waals surface area contributed by atoms with E-state index >= 15 is 0 Å². The van der Waals surface area contributed by atoms with Gasteiger partial charge in [-0.3, -0.25) is 4.79 Å². The average molecular weight is 365 g/mol. The highest BCUT2D eigenvalue weighted by atomic mass is 16.1. The maximum atomic E-state index is 12.4. The maximum Gasteiger partial charge on any atom is 0.279 e. The zero-order chi connectivity index (χ0) is 19.8. The van der Waals surface area contributed by atoms with Gasteiger partial charge in [-0.25, -0.2) is 0 Å². The van der Waals surface area contributed by atoms with Gasteiger partial charge in [0.05, 0.1) is 11.3 Å². The predicted octanol–water partition coefficient (Wildman–Crippen LogP) is 3.97. The molecule has 2 rings (SSSR count). The third-order valence-corrected chi connectivity index (χ3v) is 5.10. The normalized spacial score (nSPS) is 13.0. The summed E-state index contributed by atoms with van der Waals surface area (Å²) in [6, 6.07) is 18.2. The average Bonchev–Trinajstić information content (AvgIpc) is 2.68. The molecule has 0 aliphatic carbocycles. The van der Waals surface area contributed by atoms with Crippen molar-refractivity contribution in [1.82, 2.24) is 0 Å². The van der Waals surface area contributed by atoms with Crippen molar-refractivity contribution in [3.63, 3.8) is 0 Å². The van der Waals surface area contributed by atoms with Gasteiger partial charge in [-0.15, -0.1) is 0 Å². The van der Waals surface area contributed by atoms with Crippen molar-refractivity contribution >= 4 is 11.6 Å². The highest BCUT2D eigenvalue weighted by Crippen LogP contribution is 2.23. The molecule has 0 saturated heterocycles. The molecule has 1 amide bonds. The number of rotatable bonds is 8. The number of benzene rings is 2. The van der Waals surface area contributed by atoms with Crippen LogP contribution < -0.4 is 10.6 Å². The van der Waals surface area contributed by atoms with Crippen molar-refractivity contribution < 1.29 is 10.1 Å². The van der Waals surface area contributed by atoms with Gasteiger partial charge >= 0.3 is 0 Å². The summed E-state index contributed by atoms with van der Waals surface area (Å²) in [6.45, 7) is 9.10. The van der Waals surface area contributed by atoms with Crippen LogP contribution >= 0.6 is 0 Å². The van der Waals surface area contributed by atoms with Gasteiger partial charge in [-0.2, -0.15) is 5.26 Å². The first kappa shape index (κ1) is 20.7. The molecule has 2 aromatic carbocycles. The van der Waals surface area contributed by atoms with Crippen molar-refractivity contribution in [3.8, 4) is 6.07 Å². The summed E-state index contributed by atoms with van der Waals surface area (Å²) in [4.78, 5) is 12.4. The summed E-state index contributed by atoms with van der Waals surface area (Å²) >= 11 is 0. The van der Waals surface area contributed by atoms with E-state index < -0.39 is 0 Å².